The molecule has 0 saturated carbocycles. The summed E-state index contributed by atoms with van der Waals surface area (Å²) in [6.45, 7) is -0.0169. The molecule has 0 radical (unpaired) electrons. The van der Waals surface area contributed by atoms with Crippen LogP contribution in [-0.2, 0) is 16.6 Å². The number of hydroxylamine groups is 2. The van der Waals surface area contributed by atoms with Crippen LogP contribution in [0.3, 0.4) is 0 Å². The van der Waals surface area contributed by atoms with E-state index in [2.05, 4.69) is 4.98 Å². The Kier molecular flexibility index (Phi) is 4.67. The van der Waals surface area contributed by atoms with Crippen molar-refractivity contribution in [3.05, 3.63) is 77.6 Å². The van der Waals surface area contributed by atoms with Crippen LogP contribution in [0.1, 0.15) is 5.56 Å². The van der Waals surface area contributed by atoms with Gasteiger partial charge in [-0.15, -0.1) is 0 Å². The third kappa shape index (κ3) is 3.46. The third-order valence-electron chi connectivity index (χ3n) is 3.59. The Hall–Kier alpha value is -2.55. The molecule has 0 aliphatic carbocycles. The summed E-state index contributed by atoms with van der Waals surface area (Å²) < 4.78 is 41.1. The van der Waals surface area contributed by atoms with Crippen molar-refractivity contribution in [3.8, 4) is 11.3 Å². The highest BCUT2D eigenvalue weighted by molar-refractivity contribution is 7.90. The van der Waals surface area contributed by atoms with E-state index in [4.69, 9.17) is 0 Å². The van der Waals surface area contributed by atoms with E-state index in [0.717, 1.165) is 3.97 Å². The quantitative estimate of drug-likeness (QED) is 0.654. The number of benzene rings is 1. The van der Waals surface area contributed by atoms with E-state index >= 15 is 0 Å². The molecule has 0 saturated heterocycles. The van der Waals surface area contributed by atoms with E-state index in [9.17, 15) is 18.0 Å². The maximum Gasteiger partial charge on any atom is 0.269 e. The topological polar surface area (TPSA) is 78.3 Å². The molecule has 0 unspecified atom stereocenters. The second-order valence-corrected chi connectivity index (χ2v) is 7.30. The number of rotatable bonds is 5. The SMILES string of the molecule is CN([O-])Cc1cc(-c2ccccc2F)n(S(=O)(=O)c2cccnc2)c1. The zero-order chi connectivity index (χ0) is 18.0. The summed E-state index contributed by atoms with van der Waals surface area (Å²) >= 11 is 0. The molecule has 0 spiro atoms. The Labute approximate surface area is 144 Å². The van der Waals surface area contributed by atoms with Crippen LogP contribution < -0.4 is 0 Å². The molecule has 0 bridgehead atoms. The average molecular weight is 360 g/mol. The second kappa shape index (κ2) is 6.75. The summed E-state index contributed by atoms with van der Waals surface area (Å²) in [5.41, 5.74) is 0.747. The first-order chi connectivity index (χ1) is 11.9. The van der Waals surface area contributed by atoms with Crippen LogP contribution in [0.4, 0.5) is 4.39 Å². The lowest BCUT2D eigenvalue weighted by molar-refractivity contribution is 0.453. The number of nitrogens with zero attached hydrogens (tertiary/aromatic N) is 3. The molecule has 25 heavy (non-hydrogen) atoms. The Morgan fingerprint density at radius 2 is 2.00 bits per heavy atom. The van der Waals surface area contributed by atoms with Gasteiger partial charge >= 0.3 is 0 Å². The van der Waals surface area contributed by atoms with Crippen LogP contribution in [-0.4, -0.2) is 29.5 Å². The summed E-state index contributed by atoms with van der Waals surface area (Å²) in [5.74, 6) is -0.551. The zero-order valence-corrected chi connectivity index (χ0v) is 14.1. The third-order valence-corrected chi connectivity index (χ3v) is 5.25. The van der Waals surface area contributed by atoms with Crippen molar-refractivity contribution in [2.45, 2.75) is 11.4 Å². The molecule has 3 rings (SSSR count). The van der Waals surface area contributed by atoms with Crippen molar-refractivity contribution in [1.29, 1.82) is 0 Å². The Morgan fingerprint density at radius 1 is 1.24 bits per heavy atom. The molecule has 0 fully saturated rings. The highest BCUT2D eigenvalue weighted by atomic mass is 32.2. The summed E-state index contributed by atoms with van der Waals surface area (Å²) in [7, 11) is -2.65. The van der Waals surface area contributed by atoms with Crippen molar-refractivity contribution >= 4 is 10.0 Å². The Balaban J connectivity index is 2.22. The van der Waals surface area contributed by atoms with Crippen LogP contribution in [0.25, 0.3) is 11.3 Å². The molecule has 0 amide bonds. The smallest absolute Gasteiger partial charge is 0.269 e. The highest BCUT2D eigenvalue weighted by Gasteiger charge is 2.23. The van der Waals surface area contributed by atoms with Gasteiger partial charge in [-0.25, -0.2) is 16.8 Å². The minimum atomic E-state index is -3.98. The van der Waals surface area contributed by atoms with Gasteiger partial charge in [0.1, 0.15) is 10.7 Å². The van der Waals surface area contributed by atoms with E-state index in [-0.39, 0.29) is 22.7 Å². The fourth-order valence-electron chi connectivity index (χ4n) is 2.52. The minimum Gasteiger partial charge on any atom is -0.785 e. The van der Waals surface area contributed by atoms with Gasteiger partial charge in [-0.05, 0) is 42.9 Å². The van der Waals surface area contributed by atoms with Gasteiger partial charge in [-0.2, -0.15) is 0 Å². The van der Waals surface area contributed by atoms with Crippen molar-refractivity contribution < 1.29 is 12.8 Å². The molecule has 2 heterocycles. The Morgan fingerprint density at radius 3 is 2.64 bits per heavy atom. The summed E-state index contributed by atoms with van der Waals surface area (Å²) in [5, 5.41) is 12.0. The minimum absolute atomic E-state index is 0.0169. The highest BCUT2D eigenvalue weighted by Crippen LogP contribution is 2.29. The maximum atomic E-state index is 14.2. The molecule has 130 valence electrons. The standard InChI is InChI=1S/C17H15FN3O3S/c1-20(22)11-13-9-17(15-6-2-3-7-16(15)18)21(12-13)25(23,24)14-5-4-8-19-10-14/h2-10,12H,11H2,1H3/q-1. The van der Waals surface area contributed by atoms with Gasteiger partial charge in [0.2, 0.25) is 0 Å². The van der Waals surface area contributed by atoms with Gasteiger partial charge in [-0.1, -0.05) is 12.1 Å². The predicted molar refractivity (Wildman–Crippen MR) is 91.5 cm³/mol. The van der Waals surface area contributed by atoms with Gasteiger partial charge in [0.25, 0.3) is 10.0 Å². The zero-order valence-electron chi connectivity index (χ0n) is 13.3. The largest absolute Gasteiger partial charge is 0.785 e. The van der Waals surface area contributed by atoms with Crippen molar-refractivity contribution in [3.63, 3.8) is 0 Å². The van der Waals surface area contributed by atoms with Crippen LogP contribution in [0.15, 0.2) is 66.0 Å². The molecule has 0 atom stereocenters. The number of halogens is 1. The number of aromatic nitrogens is 2. The van der Waals surface area contributed by atoms with Gasteiger partial charge in [-0.3, -0.25) is 4.98 Å². The maximum absolute atomic E-state index is 14.2. The van der Waals surface area contributed by atoms with E-state index in [1.54, 1.807) is 6.07 Å². The molecular formula is C17H15FN3O3S-. The van der Waals surface area contributed by atoms with Crippen LogP contribution in [0.2, 0.25) is 0 Å². The van der Waals surface area contributed by atoms with Crippen molar-refractivity contribution in [2.75, 3.05) is 7.05 Å². The molecule has 8 heteroatoms. The summed E-state index contributed by atoms with van der Waals surface area (Å²) in [6.07, 6.45) is 4.02. The van der Waals surface area contributed by atoms with Crippen LogP contribution in [0, 0.1) is 11.0 Å². The van der Waals surface area contributed by atoms with Gasteiger partial charge < -0.3 is 10.3 Å². The molecule has 0 aliphatic rings. The predicted octanol–water partition coefficient (Wildman–Crippen LogP) is 2.86. The fraction of sp³-hybridized carbons (Fsp3) is 0.118. The molecular weight excluding hydrogens is 345 g/mol. The van der Waals surface area contributed by atoms with E-state index < -0.39 is 15.8 Å². The molecule has 1 aromatic carbocycles. The molecule has 2 aromatic heterocycles. The molecule has 0 N–H and O–H groups in total. The van der Waals surface area contributed by atoms with Gasteiger partial charge in [0.05, 0.1) is 5.69 Å². The lowest BCUT2D eigenvalue weighted by Crippen LogP contribution is -2.14. The lowest BCUT2D eigenvalue weighted by Gasteiger charge is -2.20. The fourth-order valence-corrected chi connectivity index (χ4v) is 3.87. The van der Waals surface area contributed by atoms with Crippen LogP contribution in [0.5, 0.6) is 0 Å². The molecule has 3 aromatic rings. The normalized spacial score (nSPS) is 11.8. The first kappa shape index (κ1) is 17.3. The van der Waals surface area contributed by atoms with E-state index in [1.807, 2.05) is 0 Å². The lowest BCUT2D eigenvalue weighted by atomic mass is 10.1. The molecule has 6 nitrogen and oxygen atoms in total. The summed E-state index contributed by atoms with van der Waals surface area (Å²) in [4.78, 5) is 3.80. The van der Waals surface area contributed by atoms with Crippen LogP contribution >= 0.6 is 0 Å². The Bertz CT molecular complexity index is 985. The monoisotopic (exact) mass is 360 g/mol. The second-order valence-electron chi connectivity index (χ2n) is 5.49. The number of pyridine rings is 1. The summed E-state index contributed by atoms with van der Waals surface area (Å²) in [6, 6.07) is 10.3. The number of hydrogen-bond acceptors (Lipinski definition) is 5. The first-order valence-corrected chi connectivity index (χ1v) is 8.83. The first-order valence-electron chi connectivity index (χ1n) is 7.39. The number of hydrogen-bond donors (Lipinski definition) is 0. The van der Waals surface area contributed by atoms with Gasteiger partial charge in [0.15, 0.2) is 0 Å². The van der Waals surface area contributed by atoms with Crippen molar-refractivity contribution in [2.24, 2.45) is 0 Å². The molecule has 0 aliphatic heterocycles. The van der Waals surface area contributed by atoms with Gasteiger partial charge in [0, 0.05) is 30.7 Å². The van der Waals surface area contributed by atoms with Crippen molar-refractivity contribution in [1.82, 2.24) is 14.0 Å². The van der Waals surface area contributed by atoms with E-state index in [1.165, 1.54) is 62.0 Å². The van der Waals surface area contributed by atoms with E-state index in [0.29, 0.717) is 10.6 Å². The average Bonchev–Trinajstić information content (AvgIpc) is 2.99.